The summed E-state index contributed by atoms with van der Waals surface area (Å²) in [7, 11) is -4.76. The Bertz CT molecular complexity index is 743. The number of nitrogen functional groups attached to an aromatic ring is 1. The predicted molar refractivity (Wildman–Crippen MR) is 78.3 cm³/mol. The fourth-order valence-corrected chi connectivity index (χ4v) is 2.67. The molecule has 0 saturated carbocycles. The predicted octanol–water partition coefficient (Wildman–Crippen LogP) is -0.880. The third-order valence-corrected chi connectivity index (χ3v) is 3.87. The summed E-state index contributed by atoms with van der Waals surface area (Å²) in [6, 6.07) is 1.33. The lowest BCUT2D eigenvalue weighted by Gasteiger charge is -2.19. The highest BCUT2D eigenvalue weighted by molar-refractivity contribution is 7.46. The SMILES string of the molecule is [N-]=[N+]=N[13CH2][C@H]1C(O)[C@@H](COP(=O)(O)O)O[C@H]1n1ccc(N)nc1=O. The third-order valence-electron chi connectivity index (χ3n) is 3.39. The van der Waals surface area contributed by atoms with Crippen LogP contribution in [0.3, 0.4) is 0 Å². The Morgan fingerprint density at radius 1 is 1.58 bits per heavy atom. The average molecular weight is 363 g/mol. The summed E-state index contributed by atoms with van der Waals surface area (Å²) in [4.78, 5) is 35.5. The Labute approximate surface area is 134 Å². The Hall–Kier alpha value is -1.98. The number of nitrogens with two attached hydrogens (primary N) is 1. The van der Waals surface area contributed by atoms with E-state index in [0.717, 1.165) is 4.57 Å². The average Bonchev–Trinajstić information content (AvgIpc) is 2.78. The molecule has 2 rings (SSSR count). The van der Waals surface area contributed by atoms with Crippen molar-refractivity contribution in [2.45, 2.75) is 18.4 Å². The second-order valence-electron chi connectivity index (χ2n) is 4.96. The van der Waals surface area contributed by atoms with Crippen molar-refractivity contribution in [1.29, 1.82) is 0 Å². The summed E-state index contributed by atoms with van der Waals surface area (Å²) in [5.74, 6) is -0.864. The highest BCUT2D eigenvalue weighted by atomic mass is 31.2. The van der Waals surface area contributed by atoms with Gasteiger partial charge in [-0.1, -0.05) is 5.11 Å². The number of ether oxygens (including phenoxy) is 1. The van der Waals surface area contributed by atoms with Gasteiger partial charge in [0.25, 0.3) is 0 Å². The fraction of sp³-hybridized carbons (Fsp3) is 0.600. The van der Waals surface area contributed by atoms with E-state index in [4.69, 9.17) is 25.8 Å². The van der Waals surface area contributed by atoms with E-state index in [9.17, 15) is 14.5 Å². The molecule has 0 aromatic carbocycles. The van der Waals surface area contributed by atoms with Crippen molar-refractivity contribution in [1.82, 2.24) is 9.55 Å². The van der Waals surface area contributed by atoms with Gasteiger partial charge in [0.1, 0.15) is 18.1 Å². The van der Waals surface area contributed by atoms with E-state index in [1.807, 2.05) is 0 Å². The van der Waals surface area contributed by atoms with Gasteiger partial charge in [0.15, 0.2) is 0 Å². The molecule has 4 atom stereocenters. The van der Waals surface area contributed by atoms with E-state index < -0.39 is 44.5 Å². The van der Waals surface area contributed by atoms with E-state index >= 15 is 0 Å². The molecule has 0 spiro atoms. The number of hydrogen-bond donors (Lipinski definition) is 4. The van der Waals surface area contributed by atoms with Crippen LogP contribution in [0, 0.1) is 5.92 Å². The van der Waals surface area contributed by atoms with Gasteiger partial charge in [0, 0.05) is 23.6 Å². The van der Waals surface area contributed by atoms with Crippen molar-refractivity contribution in [3.05, 3.63) is 33.2 Å². The first-order chi connectivity index (χ1) is 11.2. The molecule has 132 valence electrons. The van der Waals surface area contributed by atoms with E-state index in [1.165, 1.54) is 12.3 Å². The summed E-state index contributed by atoms with van der Waals surface area (Å²) in [6.45, 7) is -0.836. The zero-order chi connectivity index (χ0) is 17.9. The van der Waals surface area contributed by atoms with Gasteiger partial charge in [0.05, 0.1) is 12.7 Å². The highest BCUT2D eigenvalue weighted by Crippen LogP contribution is 2.40. The number of aliphatic hydroxyl groups excluding tert-OH is 1. The van der Waals surface area contributed by atoms with Gasteiger partial charge in [-0.25, -0.2) is 9.36 Å². The van der Waals surface area contributed by atoms with Crippen LogP contribution in [0.4, 0.5) is 5.82 Å². The second kappa shape index (κ2) is 7.28. The molecule has 13 nitrogen and oxygen atoms in total. The molecule has 1 aliphatic heterocycles. The zero-order valence-corrected chi connectivity index (χ0v) is 13.0. The van der Waals surface area contributed by atoms with Crippen LogP contribution in [0.25, 0.3) is 10.4 Å². The summed E-state index contributed by atoms with van der Waals surface area (Å²) in [6.07, 6.45) is -2.23. The minimum atomic E-state index is -4.76. The number of aliphatic hydroxyl groups is 1. The monoisotopic (exact) mass is 363 g/mol. The fourth-order valence-electron chi connectivity index (χ4n) is 2.33. The number of anilines is 1. The molecule has 2 heterocycles. The van der Waals surface area contributed by atoms with Crippen molar-refractivity contribution in [2.75, 3.05) is 18.9 Å². The van der Waals surface area contributed by atoms with E-state index in [0.29, 0.717) is 0 Å². The molecular weight excluding hydrogens is 348 g/mol. The number of phosphoric ester groups is 1. The van der Waals surface area contributed by atoms with Gasteiger partial charge in [0.2, 0.25) is 0 Å². The summed E-state index contributed by atoms with van der Waals surface area (Å²) in [5.41, 5.74) is 13.1. The van der Waals surface area contributed by atoms with Crippen LogP contribution in [0.1, 0.15) is 6.23 Å². The van der Waals surface area contributed by atoms with Gasteiger partial charge in [-0.3, -0.25) is 9.09 Å². The van der Waals surface area contributed by atoms with Crippen LogP contribution >= 0.6 is 7.82 Å². The first-order valence-corrected chi connectivity index (χ1v) is 8.15. The summed E-state index contributed by atoms with van der Waals surface area (Å²) < 4.78 is 21.6. The Morgan fingerprint density at radius 3 is 2.88 bits per heavy atom. The van der Waals surface area contributed by atoms with Crippen molar-refractivity contribution < 1.29 is 28.7 Å². The molecule has 0 aliphatic carbocycles. The Balaban J connectivity index is 2.28. The lowest BCUT2D eigenvalue weighted by molar-refractivity contribution is -0.0470. The number of phosphoric acid groups is 1. The number of rotatable bonds is 6. The molecule has 1 saturated heterocycles. The normalized spacial score (nSPS) is 27.0. The first kappa shape index (κ1) is 18.4. The highest BCUT2D eigenvalue weighted by Gasteiger charge is 2.45. The molecule has 1 aromatic rings. The Morgan fingerprint density at radius 2 is 2.29 bits per heavy atom. The van der Waals surface area contributed by atoms with Crippen LogP contribution in [0.5, 0.6) is 0 Å². The maximum atomic E-state index is 11.9. The van der Waals surface area contributed by atoms with E-state index in [1.54, 1.807) is 0 Å². The number of aromatic nitrogens is 2. The maximum absolute atomic E-state index is 11.9. The standard InChI is InChI=1S/C10H15N6O7P/c11-7-1-2-16(10(18)14-7)9-5(3-13-15-12)8(17)6(23-9)4-22-24(19,20)21/h1-2,5-6,8-9,17H,3-4H2,(H2,11,14,18)(H2,19,20,21)/t5-,6+,8?,9+/m0/s1/i3+1. The van der Waals surface area contributed by atoms with Gasteiger partial charge >= 0.3 is 13.5 Å². The molecule has 1 aromatic heterocycles. The maximum Gasteiger partial charge on any atom is 0.469 e. The summed E-state index contributed by atoms with van der Waals surface area (Å²) >= 11 is 0. The summed E-state index contributed by atoms with van der Waals surface area (Å²) in [5, 5.41) is 13.6. The minimum absolute atomic E-state index is 0.0113. The Kier molecular flexibility index (Phi) is 5.57. The van der Waals surface area contributed by atoms with Crippen LogP contribution in [-0.4, -0.2) is 49.8 Å². The van der Waals surface area contributed by atoms with Crippen LogP contribution < -0.4 is 11.4 Å². The topological polar surface area (TPSA) is 206 Å². The lowest BCUT2D eigenvalue weighted by Crippen LogP contribution is -2.34. The third kappa shape index (κ3) is 4.30. The molecule has 0 amide bonds. The van der Waals surface area contributed by atoms with Crippen molar-refractivity contribution in [3.63, 3.8) is 0 Å². The smallest absolute Gasteiger partial charge is 0.390 e. The molecule has 0 radical (unpaired) electrons. The number of hydrogen-bond acceptors (Lipinski definition) is 8. The molecule has 5 N–H and O–H groups in total. The molecule has 1 unspecified atom stereocenters. The van der Waals surface area contributed by atoms with Crippen molar-refractivity contribution in [3.8, 4) is 0 Å². The van der Waals surface area contributed by atoms with Crippen molar-refractivity contribution >= 4 is 13.6 Å². The van der Waals surface area contributed by atoms with Gasteiger partial charge in [-0.2, -0.15) is 4.98 Å². The molecular formula is C10H15N6O7P. The quantitative estimate of drug-likeness (QED) is 0.162. The molecule has 0 bridgehead atoms. The minimum Gasteiger partial charge on any atom is -0.390 e. The molecule has 14 heteroatoms. The van der Waals surface area contributed by atoms with Crippen molar-refractivity contribution in [2.24, 2.45) is 11.0 Å². The van der Waals surface area contributed by atoms with Gasteiger partial charge < -0.3 is 25.4 Å². The van der Waals surface area contributed by atoms with E-state index in [2.05, 4.69) is 19.5 Å². The second-order valence-corrected chi connectivity index (χ2v) is 6.20. The number of nitrogens with zero attached hydrogens (tertiary/aromatic N) is 5. The van der Waals surface area contributed by atoms with Crippen LogP contribution in [0.15, 0.2) is 22.2 Å². The number of azide groups is 1. The van der Waals surface area contributed by atoms with Gasteiger partial charge in [-0.05, 0) is 11.6 Å². The first-order valence-electron chi connectivity index (χ1n) is 6.62. The van der Waals surface area contributed by atoms with E-state index in [-0.39, 0.29) is 12.4 Å². The molecule has 24 heavy (non-hydrogen) atoms. The molecule has 1 aliphatic rings. The zero-order valence-electron chi connectivity index (χ0n) is 12.1. The van der Waals surface area contributed by atoms with Crippen LogP contribution in [-0.2, 0) is 13.8 Å². The molecule has 1 fully saturated rings. The van der Waals surface area contributed by atoms with Gasteiger partial charge in [-0.15, -0.1) is 0 Å². The largest absolute Gasteiger partial charge is 0.469 e. The van der Waals surface area contributed by atoms with Crippen LogP contribution in [0.2, 0.25) is 0 Å². The lowest BCUT2D eigenvalue weighted by atomic mass is 10.1.